The van der Waals surface area contributed by atoms with Crippen LogP contribution in [0.15, 0.2) is 76.6 Å². The van der Waals surface area contributed by atoms with Gasteiger partial charge in [-0.1, -0.05) is 30.3 Å². The van der Waals surface area contributed by atoms with Gasteiger partial charge in [-0.2, -0.15) is 4.72 Å². The third kappa shape index (κ3) is 4.87. The maximum atomic E-state index is 13.5. The molecule has 32 heavy (non-hydrogen) atoms. The van der Waals surface area contributed by atoms with Gasteiger partial charge >= 0.3 is 0 Å². The molecule has 4 aromatic rings. The van der Waals surface area contributed by atoms with Crippen LogP contribution in [-0.4, -0.2) is 29.9 Å². The van der Waals surface area contributed by atoms with Gasteiger partial charge in [-0.3, -0.25) is 4.79 Å². The van der Waals surface area contributed by atoms with Crippen molar-refractivity contribution in [1.29, 1.82) is 0 Å². The number of hydrogen-bond donors (Lipinski definition) is 2. The Morgan fingerprint density at radius 3 is 2.59 bits per heavy atom. The Morgan fingerprint density at radius 1 is 1.12 bits per heavy atom. The Morgan fingerprint density at radius 2 is 1.88 bits per heavy atom. The number of hydrogen-bond acceptors (Lipinski definition) is 5. The van der Waals surface area contributed by atoms with E-state index in [2.05, 4.69) is 15.0 Å². The molecule has 2 unspecified atom stereocenters. The van der Waals surface area contributed by atoms with Crippen LogP contribution in [0.1, 0.15) is 18.5 Å². The number of fused-ring (bicyclic) bond motifs is 1. The molecule has 166 valence electrons. The van der Waals surface area contributed by atoms with Crippen LogP contribution in [0.3, 0.4) is 0 Å². The molecular formula is C22H21FN4O3S2. The first-order chi connectivity index (χ1) is 15.3. The van der Waals surface area contributed by atoms with Gasteiger partial charge in [-0.05, 0) is 48.2 Å². The van der Waals surface area contributed by atoms with E-state index in [4.69, 9.17) is 0 Å². The van der Waals surface area contributed by atoms with Crippen LogP contribution in [0.25, 0.3) is 11.0 Å². The summed E-state index contributed by atoms with van der Waals surface area (Å²) < 4.78 is 42.8. The molecule has 10 heteroatoms. The van der Waals surface area contributed by atoms with Crippen LogP contribution < -0.4 is 10.0 Å². The number of imidazole rings is 1. The van der Waals surface area contributed by atoms with Crippen molar-refractivity contribution >= 4 is 38.3 Å². The van der Waals surface area contributed by atoms with Gasteiger partial charge in [-0.25, -0.2) is 17.8 Å². The second-order valence-electron chi connectivity index (χ2n) is 7.27. The summed E-state index contributed by atoms with van der Waals surface area (Å²) in [5.41, 5.74) is 2.39. The summed E-state index contributed by atoms with van der Waals surface area (Å²) in [5.74, 6) is -0.882. The van der Waals surface area contributed by atoms with Crippen molar-refractivity contribution in [2.24, 2.45) is 0 Å². The van der Waals surface area contributed by atoms with Crippen molar-refractivity contribution in [2.45, 2.75) is 29.8 Å². The summed E-state index contributed by atoms with van der Waals surface area (Å²) in [7, 11) is -3.80. The predicted octanol–water partition coefficient (Wildman–Crippen LogP) is 3.46. The summed E-state index contributed by atoms with van der Waals surface area (Å²) in [4.78, 5) is 17.3. The summed E-state index contributed by atoms with van der Waals surface area (Å²) >= 11 is 1.07. The number of para-hydroxylation sites is 2. The van der Waals surface area contributed by atoms with E-state index in [1.165, 1.54) is 25.1 Å². The number of sulfonamides is 1. The van der Waals surface area contributed by atoms with Crippen LogP contribution in [0, 0.1) is 5.82 Å². The van der Waals surface area contributed by atoms with Gasteiger partial charge in [0.25, 0.3) is 10.0 Å². The summed E-state index contributed by atoms with van der Waals surface area (Å²) in [6, 6.07) is 15.0. The Labute approximate surface area is 189 Å². The average molecular weight is 473 g/mol. The number of aromatic nitrogens is 2. The molecule has 2 aromatic heterocycles. The van der Waals surface area contributed by atoms with Gasteiger partial charge in [0.05, 0.1) is 29.4 Å². The summed E-state index contributed by atoms with van der Waals surface area (Å²) in [6.07, 6.45) is 1.68. The molecule has 0 aliphatic rings. The van der Waals surface area contributed by atoms with Crippen molar-refractivity contribution in [3.63, 3.8) is 0 Å². The van der Waals surface area contributed by atoms with Gasteiger partial charge in [0, 0.05) is 6.54 Å². The number of nitrogens with one attached hydrogen (secondary N) is 2. The number of rotatable bonds is 8. The van der Waals surface area contributed by atoms with Crippen molar-refractivity contribution < 1.29 is 17.6 Å². The Balaban J connectivity index is 1.56. The molecule has 0 saturated carbocycles. The molecule has 0 fully saturated rings. The molecule has 0 bridgehead atoms. The zero-order valence-electron chi connectivity index (χ0n) is 17.1. The van der Waals surface area contributed by atoms with Crippen molar-refractivity contribution in [3.05, 3.63) is 83.8 Å². The fraction of sp³-hybridized carbons (Fsp3) is 0.182. The number of carbonyl (C=O) groups is 1. The molecule has 2 atom stereocenters. The number of benzene rings is 2. The number of carbonyl (C=O) groups excluding carboxylic acids is 1. The number of amides is 1. The minimum absolute atomic E-state index is 0.136. The molecule has 0 radical (unpaired) electrons. The molecule has 0 aliphatic carbocycles. The second kappa shape index (κ2) is 9.19. The highest BCUT2D eigenvalue weighted by atomic mass is 32.2. The van der Waals surface area contributed by atoms with E-state index < -0.39 is 28.0 Å². The number of halogens is 1. The lowest BCUT2D eigenvalue weighted by Crippen LogP contribution is -2.46. The summed E-state index contributed by atoms with van der Waals surface area (Å²) in [5, 5.41) is 4.54. The third-order valence-corrected chi connectivity index (χ3v) is 7.92. The van der Waals surface area contributed by atoms with E-state index in [0.29, 0.717) is 12.1 Å². The van der Waals surface area contributed by atoms with E-state index in [-0.39, 0.29) is 10.0 Å². The van der Waals surface area contributed by atoms with Crippen molar-refractivity contribution in [2.75, 3.05) is 0 Å². The first-order valence-corrected chi connectivity index (χ1v) is 12.2. The quantitative estimate of drug-likeness (QED) is 0.411. The average Bonchev–Trinajstić information content (AvgIpc) is 3.45. The zero-order chi connectivity index (χ0) is 22.7. The van der Waals surface area contributed by atoms with E-state index in [9.17, 15) is 17.6 Å². The number of thiophene rings is 1. The lowest BCUT2D eigenvalue weighted by molar-refractivity contribution is -0.123. The van der Waals surface area contributed by atoms with Gasteiger partial charge in [-0.15, -0.1) is 11.3 Å². The van der Waals surface area contributed by atoms with Gasteiger partial charge in [0.2, 0.25) is 5.91 Å². The fourth-order valence-corrected chi connectivity index (χ4v) is 5.55. The molecule has 2 aromatic carbocycles. The van der Waals surface area contributed by atoms with E-state index in [0.717, 1.165) is 22.4 Å². The molecule has 4 rings (SSSR count). The highest BCUT2D eigenvalue weighted by molar-refractivity contribution is 7.91. The highest BCUT2D eigenvalue weighted by Gasteiger charge is 2.25. The molecule has 1 amide bonds. The van der Waals surface area contributed by atoms with E-state index in [1.807, 2.05) is 28.8 Å². The van der Waals surface area contributed by atoms with Crippen LogP contribution in [-0.2, 0) is 21.4 Å². The molecule has 0 spiro atoms. The lowest BCUT2D eigenvalue weighted by Gasteiger charge is -2.23. The summed E-state index contributed by atoms with van der Waals surface area (Å²) in [6.45, 7) is 1.82. The van der Waals surface area contributed by atoms with Crippen LogP contribution in [0.2, 0.25) is 0 Å². The van der Waals surface area contributed by atoms with E-state index in [1.54, 1.807) is 29.9 Å². The predicted molar refractivity (Wildman–Crippen MR) is 121 cm³/mol. The maximum Gasteiger partial charge on any atom is 0.250 e. The lowest BCUT2D eigenvalue weighted by atomic mass is 10.1. The smallest absolute Gasteiger partial charge is 0.250 e. The first kappa shape index (κ1) is 22.1. The third-order valence-electron chi connectivity index (χ3n) is 4.98. The minimum Gasteiger partial charge on any atom is -0.346 e. The molecule has 0 aliphatic heterocycles. The van der Waals surface area contributed by atoms with Crippen molar-refractivity contribution in [3.8, 4) is 0 Å². The van der Waals surface area contributed by atoms with Gasteiger partial charge in [0.15, 0.2) is 0 Å². The minimum atomic E-state index is -3.80. The molecule has 0 saturated heterocycles. The first-order valence-electron chi connectivity index (χ1n) is 9.85. The van der Waals surface area contributed by atoms with Crippen LogP contribution in [0.5, 0.6) is 0 Å². The normalized spacial score (nSPS) is 13.7. The Kier molecular flexibility index (Phi) is 6.35. The Hall–Kier alpha value is -3.08. The van der Waals surface area contributed by atoms with Gasteiger partial charge in [0.1, 0.15) is 10.0 Å². The largest absolute Gasteiger partial charge is 0.346 e. The molecule has 2 heterocycles. The fourth-order valence-electron chi connectivity index (χ4n) is 3.34. The van der Waals surface area contributed by atoms with E-state index >= 15 is 0 Å². The maximum absolute atomic E-state index is 13.5. The zero-order valence-corrected chi connectivity index (χ0v) is 18.7. The topological polar surface area (TPSA) is 93.1 Å². The Bertz CT molecular complexity index is 1320. The molecular weight excluding hydrogens is 451 g/mol. The van der Waals surface area contributed by atoms with Crippen LogP contribution >= 0.6 is 11.3 Å². The molecule has 2 N–H and O–H groups in total. The van der Waals surface area contributed by atoms with Crippen LogP contribution in [0.4, 0.5) is 4.39 Å². The van der Waals surface area contributed by atoms with Crippen molar-refractivity contribution in [1.82, 2.24) is 19.6 Å². The van der Waals surface area contributed by atoms with Gasteiger partial charge < -0.3 is 9.88 Å². The monoisotopic (exact) mass is 472 g/mol. The highest BCUT2D eigenvalue weighted by Crippen LogP contribution is 2.21. The standard InChI is InChI=1S/C22H21FN4O3S2/c1-15(26-32(29,30)21-7-4-12-31-21)22(28)25-19(16-8-10-17(23)11-9-16)13-27-14-24-18-5-2-3-6-20(18)27/h2-12,14-15,19,26H,13H2,1H3,(H,25,28). The SMILES string of the molecule is CC(NS(=O)(=O)c1cccs1)C(=O)NC(Cn1cnc2ccccc21)c1ccc(F)cc1. The second-order valence-corrected chi connectivity index (χ2v) is 10.2. The number of nitrogens with zero attached hydrogens (tertiary/aromatic N) is 2. The molecule has 7 nitrogen and oxygen atoms in total.